The second kappa shape index (κ2) is 7.95. The molecule has 1 aliphatic carbocycles. The number of hydrogen-bond donors (Lipinski definition) is 1. The Balaban J connectivity index is 1.39. The Morgan fingerprint density at radius 1 is 1.21 bits per heavy atom. The molecule has 1 aromatic heterocycles. The third-order valence-corrected chi connectivity index (χ3v) is 6.29. The van der Waals surface area contributed by atoms with Crippen molar-refractivity contribution in [1.82, 2.24) is 9.80 Å². The van der Waals surface area contributed by atoms with Gasteiger partial charge in [-0.1, -0.05) is 6.92 Å². The molecule has 1 aromatic carbocycles. The van der Waals surface area contributed by atoms with Crippen LogP contribution in [0.3, 0.4) is 0 Å². The number of nitrogens with zero attached hydrogens (tertiary/aromatic N) is 2. The van der Waals surface area contributed by atoms with Crippen molar-refractivity contribution in [3.63, 3.8) is 0 Å². The van der Waals surface area contributed by atoms with E-state index in [1.807, 2.05) is 16.7 Å². The van der Waals surface area contributed by atoms with Crippen LogP contribution >= 0.6 is 0 Å². The Kier molecular flexibility index (Phi) is 5.40. The summed E-state index contributed by atoms with van der Waals surface area (Å²) >= 11 is 0. The smallest absolute Gasteiger partial charge is 0.317 e. The van der Waals surface area contributed by atoms with Gasteiger partial charge >= 0.3 is 5.97 Å². The van der Waals surface area contributed by atoms with Crippen LogP contribution in [0, 0.1) is 0 Å². The van der Waals surface area contributed by atoms with E-state index in [1.54, 1.807) is 6.26 Å². The van der Waals surface area contributed by atoms with Crippen LogP contribution in [-0.2, 0) is 28.9 Å². The largest absolute Gasteiger partial charge is 0.480 e. The van der Waals surface area contributed by atoms with Gasteiger partial charge in [0, 0.05) is 30.1 Å². The van der Waals surface area contributed by atoms with Gasteiger partial charge in [0.15, 0.2) is 0 Å². The number of carbonyl (C=O) groups is 2. The fourth-order valence-corrected chi connectivity index (χ4v) is 4.71. The van der Waals surface area contributed by atoms with E-state index in [2.05, 4.69) is 12.1 Å². The highest BCUT2D eigenvalue weighted by Crippen LogP contribution is 2.31. The van der Waals surface area contributed by atoms with Crippen molar-refractivity contribution in [2.75, 3.05) is 26.2 Å². The molecule has 2 aromatic rings. The third kappa shape index (κ3) is 3.78. The molecule has 0 bridgehead atoms. The molecule has 150 valence electrons. The number of furan rings is 1. The maximum atomic E-state index is 12.8. The molecule has 28 heavy (non-hydrogen) atoms. The molecule has 1 fully saturated rings. The molecule has 1 N–H and O–H groups in total. The molecule has 6 heteroatoms. The number of carbonyl (C=O) groups excluding carboxylic acids is 1. The minimum absolute atomic E-state index is 0.0699. The first-order valence-electron chi connectivity index (χ1n) is 10.3. The van der Waals surface area contributed by atoms with Crippen LogP contribution in [0.2, 0.25) is 0 Å². The van der Waals surface area contributed by atoms with Crippen molar-refractivity contribution in [3.8, 4) is 0 Å². The quantitative estimate of drug-likeness (QED) is 0.829. The van der Waals surface area contributed by atoms with Crippen molar-refractivity contribution in [1.29, 1.82) is 0 Å². The number of carboxylic acids is 1. The highest BCUT2D eigenvalue weighted by Gasteiger charge is 2.27. The summed E-state index contributed by atoms with van der Waals surface area (Å²) in [5.74, 6) is -0.665. The Morgan fingerprint density at radius 2 is 1.93 bits per heavy atom. The van der Waals surface area contributed by atoms with Crippen LogP contribution in [0.4, 0.5) is 0 Å². The lowest BCUT2D eigenvalue weighted by molar-refractivity contribution is -0.140. The minimum atomic E-state index is -0.793. The van der Waals surface area contributed by atoms with E-state index in [-0.39, 0.29) is 18.5 Å². The Bertz CT molecular complexity index is 880. The zero-order chi connectivity index (χ0) is 19.7. The van der Waals surface area contributed by atoms with Gasteiger partial charge in [-0.2, -0.15) is 0 Å². The van der Waals surface area contributed by atoms with Gasteiger partial charge < -0.3 is 14.4 Å². The molecular weight excluding hydrogens is 356 g/mol. The Hall–Kier alpha value is -2.34. The van der Waals surface area contributed by atoms with E-state index < -0.39 is 5.97 Å². The number of rotatable bonds is 6. The third-order valence-electron chi connectivity index (χ3n) is 6.29. The standard InChI is InChI=1S/C22H28N2O4/c1-2-23(13-22(26)27)18-6-8-24(9-7-18)21(25)12-17-14-28-20-11-16-5-3-4-15(16)10-19(17)20/h10-11,14,18H,2-9,12-13H2,1H3,(H,26,27). The molecule has 0 radical (unpaired) electrons. The monoisotopic (exact) mass is 384 g/mol. The SMILES string of the molecule is CCN(CC(=O)O)C1CCN(C(=O)Cc2coc3cc4c(cc23)CCC4)CC1. The van der Waals surface area contributed by atoms with Crippen LogP contribution in [0.1, 0.15) is 42.9 Å². The summed E-state index contributed by atoms with van der Waals surface area (Å²) in [6, 6.07) is 4.59. The van der Waals surface area contributed by atoms with Gasteiger partial charge in [0.25, 0.3) is 0 Å². The number of carboxylic acid groups (broad SMARTS) is 1. The van der Waals surface area contributed by atoms with E-state index in [4.69, 9.17) is 9.52 Å². The number of aliphatic carboxylic acids is 1. The molecule has 6 nitrogen and oxygen atoms in total. The van der Waals surface area contributed by atoms with Crippen molar-refractivity contribution in [3.05, 3.63) is 35.1 Å². The molecule has 0 atom stereocenters. The second-order valence-electron chi connectivity index (χ2n) is 7.98. The Labute approximate surface area is 165 Å². The van der Waals surface area contributed by atoms with Crippen LogP contribution in [-0.4, -0.2) is 59.0 Å². The lowest BCUT2D eigenvalue weighted by Crippen LogP contribution is -2.48. The zero-order valence-electron chi connectivity index (χ0n) is 16.4. The molecule has 0 saturated carbocycles. The Morgan fingerprint density at radius 3 is 2.61 bits per heavy atom. The maximum absolute atomic E-state index is 12.8. The normalized spacial score (nSPS) is 17.4. The first-order valence-corrected chi connectivity index (χ1v) is 10.3. The minimum Gasteiger partial charge on any atom is -0.480 e. The van der Waals surface area contributed by atoms with Gasteiger partial charge in [0.1, 0.15) is 5.58 Å². The van der Waals surface area contributed by atoms with E-state index in [9.17, 15) is 9.59 Å². The average Bonchev–Trinajstić information content (AvgIpc) is 3.31. The van der Waals surface area contributed by atoms with E-state index in [0.29, 0.717) is 19.5 Å². The van der Waals surface area contributed by atoms with Crippen LogP contribution in [0.25, 0.3) is 11.0 Å². The topological polar surface area (TPSA) is 74.0 Å². The number of likely N-dealkylation sites (N-methyl/N-ethyl adjacent to an activating group) is 1. The van der Waals surface area contributed by atoms with Crippen molar-refractivity contribution in [2.24, 2.45) is 0 Å². The fraction of sp³-hybridized carbons (Fsp3) is 0.545. The van der Waals surface area contributed by atoms with Gasteiger partial charge in [-0.15, -0.1) is 0 Å². The number of benzene rings is 1. The van der Waals surface area contributed by atoms with Crippen molar-refractivity contribution in [2.45, 2.75) is 51.5 Å². The van der Waals surface area contributed by atoms with Gasteiger partial charge in [-0.3, -0.25) is 14.5 Å². The molecule has 0 unspecified atom stereocenters. The second-order valence-corrected chi connectivity index (χ2v) is 7.98. The number of aryl methyl sites for hydroxylation is 2. The predicted molar refractivity (Wildman–Crippen MR) is 106 cm³/mol. The van der Waals surface area contributed by atoms with E-state index in [1.165, 1.54) is 17.5 Å². The molecule has 2 heterocycles. The lowest BCUT2D eigenvalue weighted by atomic mass is 10.0. The van der Waals surface area contributed by atoms with Gasteiger partial charge in [-0.25, -0.2) is 0 Å². The predicted octanol–water partition coefficient (Wildman–Crippen LogP) is 2.86. The van der Waals surface area contributed by atoms with E-state index >= 15 is 0 Å². The van der Waals surface area contributed by atoms with Crippen LogP contribution in [0.5, 0.6) is 0 Å². The highest BCUT2D eigenvalue weighted by atomic mass is 16.4. The molecule has 2 aliphatic rings. The summed E-state index contributed by atoms with van der Waals surface area (Å²) in [6.07, 6.45) is 7.17. The highest BCUT2D eigenvalue weighted by molar-refractivity contribution is 5.88. The van der Waals surface area contributed by atoms with Gasteiger partial charge in [-0.05, 0) is 61.9 Å². The van der Waals surface area contributed by atoms with Gasteiger partial charge in [0.2, 0.25) is 5.91 Å². The molecule has 1 aliphatic heterocycles. The maximum Gasteiger partial charge on any atom is 0.317 e. The number of fused-ring (bicyclic) bond motifs is 2. The molecular formula is C22H28N2O4. The lowest BCUT2D eigenvalue weighted by Gasteiger charge is -2.37. The van der Waals surface area contributed by atoms with Crippen molar-refractivity contribution >= 4 is 22.8 Å². The van der Waals surface area contributed by atoms with E-state index in [0.717, 1.165) is 48.8 Å². The first-order chi connectivity index (χ1) is 13.5. The fourth-order valence-electron chi connectivity index (χ4n) is 4.71. The van der Waals surface area contributed by atoms with Gasteiger partial charge in [0.05, 0.1) is 19.2 Å². The first kappa shape index (κ1) is 19.0. The number of hydrogen-bond acceptors (Lipinski definition) is 4. The summed E-state index contributed by atoms with van der Waals surface area (Å²) in [5.41, 5.74) is 4.62. The molecule has 4 rings (SSSR count). The van der Waals surface area contributed by atoms with Crippen LogP contribution in [0.15, 0.2) is 22.8 Å². The van der Waals surface area contributed by atoms with Crippen molar-refractivity contribution < 1.29 is 19.1 Å². The number of amides is 1. The molecule has 1 amide bonds. The zero-order valence-corrected chi connectivity index (χ0v) is 16.4. The number of piperidine rings is 1. The summed E-state index contributed by atoms with van der Waals surface area (Å²) in [6.45, 7) is 4.15. The summed E-state index contributed by atoms with van der Waals surface area (Å²) < 4.78 is 5.73. The number of likely N-dealkylation sites (tertiary alicyclic amines) is 1. The van der Waals surface area contributed by atoms with Crippen LogP contribution < -0.4 is 0 Å². The average molecular weight is 384 g/mol. The summed E-state index contributed by atoms with van der Waals surface area (Å²) in [4.78, 5) is 27.8. The molecule has 0 spiro atoms. The summed E-state index contributed by atoms with van der Waals surface area (Å²) in [5, 5.41) is 10.1. The molecule has 1 saturated heterocycles. The summed E-state index contributed by atoms with van der Waals surface area (Å²) in [7, 11) is 0.